The quantitative estimate of drug-likeness (QED) is 0.718. The van der Waals surface area contributed by atoms with E-state index in [0.29, 0.717) is 51.9 Å². The molecule has 3 heterocycles. The van der Waals surface area contributed by atoms with Gasteiger partial charge in [-0.15, -0.1) is 0 Å². The zero-order valence-corrected chi connectivity index (χ0v) is 12.8. The first-order valence-electron chi connectivity index (χ1n) is 7.49. The SMILES string of the molecule is O=C1CC2(CCN(S(=O)(=O)N3CCCC3)CC2)CC(=O)N1. The fourth-order valence-corrected chi connectivity index (χ4v) is 5.30. The number of piperidine rings is 2. The van der Waals surface area contributed by atoms with Crippen LogP contribution in [0.1, 0.15) is 38.5 Å². The lowest BCUT2D eigenvalue weighted by Gasteiger charge is -2.43. The van der Waals surface area contributed by atoms with Crippen LogP contribution in [0, 0.1) is 5.41 Å². The smallest absolute Gasteiger partial charge is 0.281 e. The summed E-state index contributed by atoms with van der Waals surface area (Å²) in [6.45, 7) is 2.01. The van der Waals surface area contributed by atoms with Crippen molar-refractivity contribution in [2.45, 2.75) is 38.5 Å². The van der Waals surface area contributed by atoms with E-state index < -0.39 is 10.2 Å². The Bertz CT molecular complexity index is 528. The standard InChI is InChI=1S/C13H21N3O4S/c17-11-9-13(10-12(18)14-11)3-7-16(8-4-13)21(19,20)15-5-1-2-6-15/h1-10H2,(H,14,17,18). The van der Waals surface area contributed by atoms with Crippen LogP contribution in [0.15, 0.2) is 0 Å². The maximum absolute atomic E-state index is 12.5. The molecule has 0 aromatic heterocycles. The number of rotatable bonds is 2. The molecule has 8 heteroatoms. The zero-order chi connectivity index (χ0) is 15.1. The molecule has 0 atom stereocenters. The van der Waals surface area contributed by atoms with E-state index in [-0.39, 0.29) is 17.2 Å². The van der Waals surface area contributed by atoms with Gasteiger partial charge in [-0.3, -0.25) is 14.9 Å². The second-order valence-corrected chi connectivity index (χ2v) is 8.27. The summed E-state index contributed by atoms with van der Waals surface area (Å²) in [7, 11) is -3.36. The third kappa shape index (κ3) is 2.84. The summed E-state index contributed by atoms with van der Waals surface area (Å²) in [5.41, 5.74) is -0.337. The predicted molar refractivity (Wildman–Crippen MR) is 75.4 cm³/mol. The van der Waals surface area contributed by atoms with Gasteiger partial charge in [0.25, 0.3) is 10.2 Å². The molecule has 0 aromatic rings. The van der Waals surface area contributed by atoms with Gasteiger partial charge in [-0.25, -0.2) is 0 Å². The predicted octanol–water partition coefficient (Wildman–Crippen LogP) is -0.154. The normalized spacial score (nSPS) is 28.0. The molecular formula is C13H21N3O4S. The van der Waals surface area contributed by atoms with Gasteiger partial charge in [-0.1, -0.05) is 0 Å². The molecule has 0 aromatic carbocycles. The lowest BCUT2D eigenvalue weighted by molar-refractivity contribution is -0.139. The minimum Gasteiger partial charge on any atom is -0.296 e. The second-order valence-electron chi connectivity index (χ2n) is 6.34. The molecule has 0 saturated carbocycles. The number of carbonyl (C=O) groups excluding carboxylic acids is 2. The molecule has 21 heavy (non-hydrogen) atoms. The maximum atomic E-state index is 12.5. The molecule has 0 bridgehead atoms. The van der Waals surface area contributed by atoms with Gasteiger partial charge in [-0.05, 0) is 31.1 Å². The van der Waals surface area contributed by atoms with Crippen molar-refractivity contribution in [3.05, 3.63) is 0 Å². The highest BCUT2D eigenvalue weighted by atomic mass is 32.2. The molecule has 3 rings (SSSR count). The monoisotopic (exact) mass is 315 g/mol. The molecule has 1 spiro atoms. The molecule has 0 aliphatic carbocycles. The van der Waals surface area contributed by atoms with Crippen LogP contribution in [0.3, 0.4) is 0 Å². The highest BCUT2D eigenvalue weighted by Gasteiger charge is 2.44. The van der Waals surface area contributed by atoms with E-state index in [1.54, 1.807) is 4.31 Å². The van der Waals surface area contributed by atoms with Crippen molar-refractivity contribution >= 4 is 22.0 Å². The van der Waals surface area contributed by atoms with Crippen molar-refractivity contribution < 1.29 is 18.0 Å². The van der Waals surface area contributed by atoms with Crippen LogP contribution in [0.2, 0.25) is 0 Å². The van der Waals surface area contributed by atoms with Crippen molar-refractivity contribution in [1.29, 1.82) is 0 Å². The van der Waals surface area contributed by atoms with Crippen LogP contribution < -0.4 is 5.32 Å². The van der Waals surface area contributed by atoms with Gasteiger partial charge in [0, 0.05) is 39.0 Å². The Hall–Kier alpha value is -0.990. The van der Waals surface area contributed by atoms with E-state index in [1.807, 2.05) is 0 Å². The summed E-state index contributed by atoms with van der Waals surface area (Å²) in [6, 6.07) is 0. The van der Waals surface area contributed by atoms with Gasteiger partial charge < -0.3 is 0 Å². The first-order chi connectivity index (χ1) is 9.91. The minimum atomic E-state index is -3.36. The van der Waals surface area contributed by atoms with Crippen LogP contribution in [0.5, 0.6) is 0 Å². The Morgan fingerprint density at radius 1 is 0.857 bits per heavy atom. The van der Waals surface area contributed by atoms with Crippen molar-refractivity contribution in [3.8, 4) is 0 Å². The zero-order valence-electron chi connectivity index (χ0n) is 12.0. The van der Waals surface area contributed by atoms with Gasteiger partial charge in [-0.2, -0.15) is 17.0 Å². The molecule has 7 nitrogen and oxygen atoms in total. The van der Waals surface area contributed by atoms with Crippen LogP contribution in [0.25, 0.3) is 0 Å². The first-order valence-corrected chi connectivity index (χ1v) is 8.89. The Labute approximate surface area is 124 Å². The minimum absolute atomic E-state index is 0.234. The van der Waals surface area contributed by atoms with Crippen molar-refractivity contribution in [2.75, 3.05) is 26.2 Å². The topological polar surface area (TPSA) is 86.8 Å². The molecule has 3 saturated heterocycles. The summed E-state index contributed by atoms with van der Waals surface area (Å²) in [5, 5.41) is 2.32. The molecule has 2 amide bonds. The molecule has 3 fully saturated rings. The summed E-state index contributed by atoms with van der Waals surface area (Å²) in [4.78, 5) is 23.1. The number of hydrogen-bond acceptors (Lipinski definition) is 4. The van der Waals surface area contributed by atoms with E-state index in [4.69, 9.17) is 0 Å². The number of carbonyl (C=O) groups is 2. The Kier molecular flexibility index (Phi) is 3.79. The average molecular weight is 315 g/mol. The molecule has 118 valence electrons. The van der Waals surface area contributed by atoms with Crippen LogP contribution in [-0.4, -0.2) is 55.0 Å². The number of nitrogens with one attached hydrogen (secondary N) is 1. The Morgan fingerprint density at radius 2 is 1.33 bits per heavy atom. The van der Waals surface area contributed by atoms with E-state index in [9.17, 15) is 18.0 Å². The van der Waals surface area contributed by atoms with Crippen LogP contribution in [-0.2, 0) is 19.8 Å². The molecule has 3 aliphatic rings. The third-order valence-electron chi connectivity index (χ3n) is 4.85. The van der Waals surface area contributed by atoms with E-state index in [1.165, 1.54) is 4.31 Å². The number of imide groups is 1. The number of nitrogens with zero attached hydrogens (tertiary/aromatic N) is 2. The number of hydrogen-bond donors (Lipinski definition) is 1. The second kappa shape index (κ2) is 5.33. The fourth-order valence-electron chi connectivity index (χ4n) is 3.61. The average Bonchev–Trinajstić information content (AvgIpc) is 2.92. The Morgan fingerprint density at radius 3 is 1.86 bits per heavy atom. The van der Waals surface area contributed by atoms with E-state index in [0.717, 1.165) is 12.8 Å². The third-order valence-corrected chi connectivity index (χ3v) is 6.89. The molecule has 3 aliphatic heterocycles. The van der Waals surface area contributed by atoms with Gasteiger partial charge in [0.15, 0.2) is 0 Å². The van der Waals surface area contributed by atoms with Gasteiger partial charge in [0.05, 0.1) is 0 Å². The molecule has 0 radical (unpaired) electrons. The molecule has 1 N–H and O–H groups in total. The van der Waals surface area contributed by atoms with Crippen molar-refractivity contribution in [1.82, 2.24) is 13.9 Å². The highest BCUT2D eigenvalue weighted by molar-refractivity contribution is 7.86. The van der Waals surface area contributed by atoms with Crippen molar-refractivity contribution in [3.63, 3.8) is 0 Å². The maximum Gasteiger partial charge on any atom is 0.281 e. The number of amides is 2. The van der Waals surface area contributed by atoms with Crippen molar-refractivity contribution in [2.24, 2.45) is 5.41 Å². The molecule has 0 unspecified atom stereocenters. The fraction of sp³-hybridized carbons (Fsp3) is 0.846. The van der Waals surface area contributed by atoms with E-state index >= 15 is 0 Å². The highest BCUT2D eigenvalue weighted by Crippen LogP contribution is 2.41. The Balaban J connectivity index is 1.67. The van der Waals surface area contributed by atoms with Gasteiger partial charge >= 0.3 is 0 Å². The van der Waals surface area contributed by atoms with Crippen LogP contribution in [0.4, 0.5) is 0 Å². The van der Waals surface area contributed by atoms with E-state index in [2.05, 4.69) is 5.32 Å². The lowest BCUT2D eigenvalue weighted by Crippen LogP contribution is -2.52. The summed E-state index contributed by atoms with van der Waals surface area (Å²) < 4.78 is 28.0. The summed E-state index contributed by atoms with van der Waals surface area (Å²) in [5.74, 6) is -0.468. The van der Waals surface area contributed by atoms with Gasteiger partial charge in [0.2, 0.25) is 11.8 Å². The lowest BCUT2D eigenvalue weighted by atomic mass is 9.71. The van der Waals surface area contributed by atoms with Gasteiger partial charge in [0.1, 0.15) is 0 Å². The summed E-state index contributed by atoms with van der Waals surface area (Å²) in [6.07, 6.45) is 3.67. The molecular weight excluding hydrogens is 294 g/mol. The first kappa shape index (κ1) is 14.9. The summed E-state index contributed by atoms with van der Waals surface area (Å²) >= 11 is 0. The van der Waals surface area contributed by atoms with Crippen LogP contribution >= 0.6 is 0 Å². The largest absolute Gasteiger partial charge is 0.296 e.